The molecule has 204 valence electrons. The Bertz CT molecular complexity index is 1070. The van der Waals surface area contributed by atoms with Gasteiger partial charge in [0.05, 0.1) is 32.0 Å². The lowest BCUT2D eigenvalue weighted by Crippen LogP contribution is -2.67. The predicted octanol–water partition coefficient (Wildman–Crippen LogP) is 6.33. The zero-order valence-corrected chi connectivity index (χ0v) is 24.9. The van der Waals surface area contributed by atoms with Gasteiger partial charge in [0.15, 0.2) is 5.79 Å². The van der Waals surface area contributed by atoms with Crippen LogP contribution in [0.1, 0.15) is 53.5 Å². The van der Waals surface area contributed by atoms with Crippen LogP contribution >= 0.6 is 0 Å². The zero-order chi connectivity index (χ0) is 27.2. The van der Waals surface area contributed by atoms with Crippen LogP contribution in [-0.2, 0) is 25.2 Å². The minimum Gasteiger partial charge on any atom is -0.405 e. The average molecular weight is 533 g/mol. The molecule has 0 N–H and O–H groups in total. The van der Waals surface area contributed by atoms with Gasteiger partial charge in [-0.2, -0.15) is 0 Å². The molecule has 3 atom stereocenters. The Labute approximate surface area is 230 Å². The van der Waals surface area contributed by atoms with Gasteiger partial charge in [0.1, 0.15) is 0 Å². The van der Waals surface area contributed by atoms with Crippen molar-refractivity contribution in [3.05, 3.63) is 96.6 Å². The van der Waals surface area contributed by atoms with Gasteiger partial charge in [-0.3, -0.25) is 0 Å². The van der Waals surface area contributed by atoms with Crippen molar-refractivity contribution >= 4 is 18.7 Å². The summed E-state index contributed by atoms with van der Waals surface area (Å²) in [7, 11) is -2.63. The summed E-state index contributed by atoms with van der Waals surface area (Å²) in [5, 5.41) is 2.49. The largest absolute Gasteiger partial charge is 0.405 e. The zero-order valence-electron chi connectivity index (χ0n) is 23.9. The standard InChI is InChI=1S/C33H44O4Si/c1-26(23-34-24-27-16-10-7-11-17-27)31-22-28(36-33(5,6)37-31)25-35-38(32(2,3)4,29-18-12-8-13-19-29)30-20-14-9-15-21-30/h7-21,26,28,31H,22-25H2,1-6H3/t26-,28+,31+/m1/s1. The summed E-state index contributed by atoms with van der Waals surface area (Å²) in [5.41, 5.74) is 1.18. The van der Waals surface area contributed by atoms with Crippen LogP contribution in [0, 0.1) is 5.92 Å². The van der Waals surface area contributed by atoms with Crippen molar-refractivity contribution in [1.29, 1.82) is 0 Å². The summed E-state index contributed by atoms with van der Waals surface area (Å²) in [6, 6.07) is 31.9. The van der Waals surface area contributed by atoms with Gasteiger partial charge in [-0.25, -0.2) is 0 Å². The van der Waals surface area contributed by atoms with Crippen molar-refractivity contribution < 1.29 is 18.6 Å². The van der Waals surface area contributed by atoms with E-state index in [0.29, 0.717) is 19.8 Å². The quantitative estimate of drug-likeness (QED) is 0.286. The predicted molar refractivity (Wildman–Crippen MR) is 157 cm³/mol. The van der Waals surface area contributed by atoms with E-state index in [2.05, 4.69) is 100 Å². The maximum atomic E-state index is 7.19. The molecular formula is C33H44O4Si. The number of hydrogen-bond donors (Lipinski definition) is 0. The Balaban J connectivity index is 1.50. The first-order valence-electron chi connectivity index (χ1n) is 13.8. The van der Waals surface area contributed by atoms with Gasteiger partial charge in [-0.15, -0.1) is 0 Å². The molecule has 5 heteroatoms. The van der Waals surface area contributed by atoms with E-state index in [1.165, 1.54) is 15.9 Å². The van der Waals surface area contributed by atoms with Gasteiger partial charge in [-0.05, 0) is 34.8 Å². The number of rotatable bonds is 10. The van der Waals surface area contributed by atoms with Crippen LogP contribution in [0.15, 0.2) is 91.0 Å². The number of hydrogen-bond acceptors (Lipinski definition) is 4. The molecule has 0 aromatic heterocycles. The van der Waals surface area contributed by atoms with E-state index >= 15 is 0 Å². The van der Waals surface area contributed by atoms with Crippen molar-refractivity contribution in [2.24, 2.45) is 5.92 Å². The second-order valence-corrected chi connectivity index (χ2v) is 16.3. The van der Waals surface area contributed by atoms with Crippen LogP contribution in [0.5, 0.6) is 0 Å². The monoisotopic (exact) mass is 532 g/mol. The summed E-state index contributed by atoms with van der Waals surface area (Å²) >= 11 is 0. The lowest BCUT2D eigenvalue weighted by atomic mass is 9.97. The molecule has 1 aliphatic heterocycles. The Morgan fingerprint density at radius 2 is 1.37 bits per heavy atom. The molecule has 0 saturated carbocycles. The fourth-order valence-corrected chi connectivity index (χ4v) is 10.2. The second kappa shape index (κ2) is 12.3. The Hall–Kier alpha value is -2.28. The Kier molecular flexibility index (Phi) is 9.27. The van der Waals surface area contributed by atoms with Crippen LogP contribution in [0.3, 0.4) is 0 Å². The van der Waals surface area contributed by atoms with Crippen LogP contribution in [0.2, 0.25) is 5.04 Å². The lowest BCUT2D eigenvalue weighted by Gasteiger charge is -2.46. The maximum absolute atomic E-state index is 7.19. The van der Waals surface area contributed by atoms with Crippen molar-refractivity contribution in [3.63, 3.8) is 0 Å². The van der Waals surface area contributed by atoms with Crippen molar-refractivity contribution in [2.75, 3.05) is 13.2 Å². The molecule has 1 aliphatic rings. The second-order valence-electron chi connectivity index (χ2n) is 12.0. The summed E-state index contributed by atoms with van der Waals surface area (Å²) in [4.78, 5) is 0. The minimum absolute atomic E-state index is 0.0299. The first-order chi connectivity index (χ1) is 18.1. The fourth-order valence-electron chi connectivity index (χ4n) is 5.62. The first-order valence-corrected chi connectivity index (χ1v) is 15.7. The van der Waals surface area contributed by atoms with E-state index in [0.717, 1.165) is 6.42 Å². The van der Waals surface area contributed by atoms with Gasteiger partial charge < -0.3 is 18.6 Å². The number of ether oxygens (including phenoxy) is 3. The van der Waals surface area contributed by atoms with E-state index in [4.69, 9.17) is 18.6 Å². The van der Waals surface area contributed by atoms with E-state index in [9.17, 15) is 0 Å². The summed E-state index contributed by atoms with van der Waals surface area (Å²) < 4.78 is 26.1. The highest BCUT2D eigenvalue weighted by Crippen LogP contribution is 2.38. The average Bonchev–Trinajstić information content (AvgIpc) is 2.89. The van der Waals surface area contributed by atoms with Gasteiger partial charge in [-0.1, -0.05) is 119 Å². The molecule has 1 fully saturated rings. The normalized spacial score (nSPS) is 20.7. The van der Waals surface area contributed by atoms with E-state index in [1.807, 2.05) is 32.0 Å². The highest BCUT2D eigenvalue weighted by atomic mass is 28.4. The summed E-state index contributed by atoms with van der Waals surface area (Å²) in [6.45, 7) is 14.9. The molecule has 38 heavy (non-hydrogen) atoms. The topological polar surface area (TPSA) is 36.9 Å². The molecule has 1 saturated heterocycles. The molecule has 0 aliphatic carbocycles. The lowest BCUT2D eigenvalue weighted by molar-refractivity contribution is -0.312. The van der Waals surface area contributed by atoms with Crippen LogP contribution in [0.25, 0.3) is 0 Å². The van der Waals surface area contributed by atoms with Crippen molar-refractivity contribution in [3.8, 4) is 0 Å². The fraction of sp³-hybridized carbons (Fsp3) is 0.455. The smallest absolute Gasteiger partial charge is 0.261 e. The molecule has 0 unspecified atom stereocenters. The molecule has 4 rings (SSSR count). The molecule has 0 amide bonds. The van der Waals surface area contributed by atoms with Crippen LogP contribution in [-0.4, -0.2) is 39.5 Å². The van der Waals surface area contributed by atoms with Gasteiger partial charge in [0.2, 0.25) is 0 Å². The van der Waals surface area contributed by atoms with Crippen molar-refractivity contribution in [1.82, 2.24) is 0 Å². The van der Waals surface area contributed by atoms with Crippen LogP contribution in [0.4, 0.5) is 0 Å². The van der Waals surface area contributed by atoms with Gasteiger partial charge in [0, 0.05) is 12.3 Å². The van der Waals surface area contributed by atoms with E-state index in [-0.39, 0.29) is 23.2 Å². The Morgan fingerprint density at radius 3 is 1.89 bits per heavy atom. The molecule has 0 radical (unpaired) electrons. The highest BCUT2D eigenvalue weighted by molar-refractivity contribution is 6.99. The first kappa shape index (κ1) is 28.7. The molecule has 0 bridgehead atoms. The summed E-state index contributed by atoms with van der Waals surface area (Å²) in [6.07, 6.45) is 0.738. The third kappa shape index (κ3) is 6.83. The van der Waals surface area contributed by atoms with E-state index < -0.39 is 14.1 Å². The SMILES string of the molecule is C[C@H](COCc1ccccc1)[C@@H]1C[C@@H](CO[Si](c2ccccc2)(c2ccccc2)C(C)(C)C)OC(C)(C)O1. The van der Waals surface area contributed by atoms with Crippen LogP contribution < -0.4 is 10.4 Å². The third-order valence-electron chi connectivity index (χ3n) is 7.41. The molecular weight excluding hydrogens is 488 g/mol. The van der Waals surface area contributed by atoms with E-state index in [1.54, 1.807) is 0 Å². The molecule has 1 heterocycles. The van der Waals surface area contributed by atoms with Gasteiger partial charge >= 0.3 is 0 Å². The molecule has 4 nitrogen and oxygen atoms in total. The molecule has 0 spiro atoms. The highest BCUT2D eigenvalue weighted by Gasteiger charge is 2.51. The maximum Gasteiger partial charge on any atom is 0.261 e. The Morgan fingerprint density at radius 1 is 0.842 bits per heavy atom. The van der Waals surface area contributed by atoms with Crippen molar-refractivity contribution in [2.45, 2.75) is 77.6 Å². The number of benzene rings is 3. The van der Waals surface area contributed by atoms with Gasteiger partial charge in [0.25, 0.3) is 8.32 Å². The minimum atomic E-state index is -2.63. The third-order valence-corrected chi connectivity index (χ3v) is 12.4. The molecule has 3 aromatic rings. The summed E-state index contributed by atoms with van der Waals surface area (Å²) in [5.74, 6) is -0.451. The molecule has 3 aromatic carbocycles.